The van der Waals surface area contributed by atoms with Crippen LogP contribution >= 0.6 is 11.3 Å². The molecular weight excluding hydrogens is 543 g/mol. The van der Waals surface area contributed by atoms with E-state index in [9.17, 15) is 27.6 Å². The van der Waals surface area contributed by atoms with E-state index in [4.69, 9.17) is 11.1 Å². The van der Waals surface area contributed by atoms with E-state index in [2.05, 4.69) is 10.6 Å². The average Bonchev–Trinajstić information content (AvgIpc) is 3.63. The second-order valence-corrected chi connectivity index (χ2v) is 10.8. The molecule has 1 unspecified atom stereocenters. The lowest BCUT2D eigenvalue weighted by Crippen LogP contribution is -2.49. The third-order valence-corrected chi connectivity index (χ3v) is 8.28. The van der Waals surface area contributed by atoms with E-state index in [0.29, 0.717) is 11.1 Å². The van der Waals surface area contributed by atoms with Gasteiger partial charge in [-0.3, -0.25) is 19.8 Å². The van der Waals surface area contributed by atoms with Crippen molar-refractivity contribution in [3.63, 3.8) is 0 Å². The molecule has 1 aliphatic carbocycles. The summed E-state index contributed by atoms with van der Waals surface area (Å²) in [6.45, 7) is 0.938. The molecular formula is C28H26F3N5O3S. The number of alkyl halides is 3. The molecule has 40 heavy (non-hydrogen) atoms. The molecule has 1 aromatic heterocycles. The van der Waals surface area contributed by atoms with Gasteiger partial charge in [-0.05, 0) is 36.2 Å². The van der Waals surface area contributed by atoms with E-state index in [0.717, 1.165) is 9.78 Å². The van der Waals surface area contributed by atoms with E-state index in [-0.39, 0.29) is 41.1 Å². The van der Waals surface area contributed by atoms with Gasteiger partial charge in [0.15, 0.2) is 0 Å². The predicted molar refractivity (Wildman–Crippen MR) is 144 cm³/mol. The Morgan fingerprint density at radius 1 is 1.12 bits per heavy atom. The van der Waals surface area contributed by atoms with Crippen LogP contribution < -0.4 is 16.4 Å². The average molecular weight is 570 g/mol. The van der Waals surface area contributed by atoms with Crippen molar-refractivity contribution >= 4 is 34.9 Å². The maximum Gasteiger partial charge on any atom is 0.299 e. The molecule has 1 saturated heterocycles. The molecule has 12 heteroatoms. The highest BCUT2D eigenvalue weighted by Gasteiger charge is 2.44. The van der Waals surface area contributed by atoms with E-state index in [1.165, 1.54) is 41.7 Å². The maximum absolute atomic E-state index is 14.8. The van der Waals surface area contributed by atoms with E-state index < -0.39 is 48.4 Å². The topological polar surface area (TPSA) is 128 Å². The van der Waals surface area contributed by atoms with Gasteiger partial charge in [0.25, 0.3) is 11.8 Å². The fraction of sp³-hybridized carbons (Fsp3) is 0.286. The van der Waals surface area contributed by atoms with Crippen molar-refractivity contribution in [2.75, 3.05) is 13.1 Å². The van der Waals surface area contributed by atoms with Crippen LogP contribution in [0.4, 0.5) is 13.2 Å². The van der Waals surface area contributed by atoms with E-state index >= 15 is 0 Å². The minimum Gasteiger partial charge on any atom is -0.384 e. The van der Waals surface area contributed by atoms with Gasteiger partial charge in [0.1, 0.15) is 18.0 Å². The number of nitrogens with two attached hydrogens (primary N) is 1. The zero-order valence-corrected chi connectivity index (χ0v) is 22.2. The normalized spacial score (nSPS) is 19.4. The van der Waals surface area contributed by atoms with Gasteiger partial charge in [-0.1, -0.05) is 30.3 Å². The van der Waals surface area contributed by atoms with Gasteiger partial charge in [-0.2, -0.15) is 8.78 Å². The van der Waals surface area contributed by atoms with Crippen molar-refractivity contribution in [3.05, 3.63) is 81.0 Å². The van der Waals surface area contributed by atoms with Crippen LogP contribution in [0.15, 0.2) is 53.9 Å². The number of fused-ring (bicyclic) bond motifs is 3. The van der Waals surface area contributed by atoms with Crippen LogP contribution in [-0.2, 0) is 15.5 Å². The number of benzene rings is 2. The van der Waals surface area contributed by atoms with Crippen LogP contribution in [0.1, 0.15) is 51.3 Å². The monoisotopic (exact) mass is 569 g/mol. The number of halogens is 3. The number of hydrogen-bond donors (Lipinski definition) is 4. The van der Waals surface area contributed by atoms with E-state index in [1.807, 2.05) is 0 Å². The largest absolute Gasteiger partial charge is 0.384 e. The molecule has 2 aromatic carbocycles. The SMILES string of the molecule is CC(NC(=O)[C@@H]1C[C@@H](F)CN1C(=O)CNC(=O)c1ccc2c(c1)-c1ccccc1C2(F)F)c1cc(C(=N)N)cs1. The number of nitrogens with zero attached hydrogens (tertiary/aromatic N) is 1. The first-order valence-corrected chi connectivity index (χ1v) is 13.4. The van der Waals surface area contributed by atoms with Crippen LogP contribution in [0.2, 0.25) is 0 Å². The predicted octanol–water partition coefficient (Wildman–Crippen LogP) is 3.70. The Labute approximate surface area is 231 Å². The van der Waals surface area contributed by atoms with Crippen molar-refractivity contribution in [2.45, 2.75) is 37.5 Å². The third-order valence-electron chi connectivity index (χ3n) is 7.17. The molecule has 208 valence electrons. The highest BCUT2D eigenvalue weighted by Crippen LogP contribution is 2.50. The Hall–Kier alpha value is -4.19. The van der Waals surface area contributed by atoms with Crippen molar-refractivity contribution < 1.29 is 27.6 Å². The van der Waals surface area contributed by atoms with Gasteiger partial charge in [-0.25, -0.2) is 4.39 Å². The molecule has 2 aliphatic rings. The highest BCUT2D eigenvalue weighted by molar-refractivity contribution is 7.10. The van der Waals surface area contributed by atoms with Crippen LogP contribution in [0.5, 0.6) is 0 Å². The Kier molecular flexibility index (Phi) is 7.13. The summed E-state index contributed by atoms with van der Waals surface area (Å²) < 4.78 is 43.9. The Morgan fingerprint density at radius 3 is 2.58 bits per heavy atom. The van der Waals surface area contributed by atoms with Gasteiger partial charge in [0.05, 0.1) is 19.1 Å². The Morgan fingerprint density at radius 2 is 1.85 bits per heavy atom. The molecule has 0 bridgehead atoms. The summed E-state index contributed by atoms with van der Waals surface area (Å²) in [5.41, 5.74) is 6.35. The second-order valence-electron chi connectivity index (χ2n) is 9.84. The standard InChI is InChI=1S/C28H26F3N5O3S/c1-14(23-9-16(13-40-23)25(32)33)35-27(39)22-10-17(29)12-36(22)24(37)11-34-26(38)15-6-7-21-19(8-15)18-4-2-3-5-20(18)28(21,30)31/h2-9,13-14,17,22H,10-12H2,1H3,(H3,32,33)(H,34,38)(H,35,39)/t14?,17-,22+/m1/s1. The number of amidine groups is 1. The smallest absolute Gasteiger partial charge is 0.299 e. The lowest BCUT2D eigenvalue weighted by atomic mass is 10.0. The summed E-state index contributed by atoms with van der Waals surface area (Å²) in [4.78, 5) is 40.6. The molecule has 3 aromatic rings. The number of likely N-dealkylation sites (tertiary alicyclic amines) is 1. The minimum absolute atomic E-state index is 0.0906. The van der Waals surface area contributed by atoms with Gasteiger partial charge in [0, 0.05) is 38.9 Å². The number of nitrogen functional groups attached to an aromatic ring is 1. The maximum atomic E-state index is 14.8. The zero-order chi connectivity index (χ0) is 28.8. The van der Waals surface area contributed by atoms with Crippen molar-refractivity contribution in [3.8, 4) is 11.1 Å². The summed E-state index contributed by atoms with van der Waals surface area (Å²) in [7, 11) is 0. The number of amides is 3. The number of carbonyl (C=O) groups is 3. The van der Waals surface area contributed by atoms with Crippen LogP contribution in [0, 0.1) is 5.41 Å². The van der Waals surface area contributed by atoms with Crippen molar-refractivity contribution in [1.82, 2.24) is 15.5 Å². The Balaban J connectivity index is 1.23. The fourth-order valence-corrected chi connectivity index (χ4v) is 6.01. The van der Waals surface area contributed by atoms with Crippen molar-refractivity contribution in [1.29, 1.82) is 5.41 Å². The zero-order valence-electron chi connectivity index (χ0n) is 21.3. The van der Waals surface area contributed by atoms with Gasteiger partial charge < -0.3 is 21.3 Å². The molecule has 0 saturated carbocycles. The molecule has 8 nitrogen and oxygen atoms in total. The van der Waals surface area contributed by atoms with Gasteiger partial charge >= 0.3 is 0 Å². The summed E-state index contributed by atoms with van der Waals surface area (Å²) in [6.07, 6.45) is -1.59. The molecule has 3 amide bonds. The first-order valence-electron chi connectivity index (χ1n) is 12.5. The van der Waals surface area contributed by atoms with Crippen LogP contribution in [0.25, 0.3) is 11.1 Å². The number of thiophene rings is 1. The summed E-state index contributed by atoms with van der Waals surface area (Å²) >= 11 is 1.31. The molecule has 5 rings (SSSR count). The highest BCUT2D eigenvalue weighted by atomic mass is 32.1. The molecule has 0 spiro atoms. The lowest BCUT2D eigenvalue weighted by Gasteiger charge is -2.25. The molecule has 1 fully saturated rings. The molecule has 5 N–H and O–H groups in total. The molecule has 3 atom stereocenters. The summed E-state index contributed by atoms with van der Waals surface area (Å²) in [5, 5.41) is 14.4. The van der Waals surface area contributed by atoms with Gasteiger partial charge in [0.2, 0.25) is 11.8 Å². The minimum atomic E-state index is -3.18. The summed E-state index contributed by atoms with van der Waals surface area (Å²) in [6, 6.07) is 10.1. The fourth-order valence-electron chi connectivity index (χ4n) is 5.09. The number of carbonyl (C=O) groups excluding carboxylic acids is 3. The number of rotatable bonds is 7. The van der Waals surface area contributed by atoms with Crippen molar-refractivity contribution in [2.24, 2.45) is 5.73 Å². The molecule has 0 radical (unpaired) electrons. The molecule has 1 aliphatic heterocycles. The Bertz CT molecular complexity index is 1520. The van der Waals surface area contributed by atoms with E-state index in [1.54, 1.807) is 30.5 Å². The number of nitrogens with one attached hydrogen (secondary N) is 3. The van der Waals surface area contributed by atoms with Gasteiger partial charge in [-0.15, -0.1) is 11.3 Å². The summed E-state index contributed by atoms with van der Waals surface area (Å²) in [5.74, 6) is -5.12. The number of hydrogen-bond acceptors (Lipinski definition) is 5. The third kappa shape index (κ3) is 4.94. The van der Waals surface area contributed by atoms with Crippen LogP contribution in [0.3, 0.4) is 0 Å². The van der Waals surface area contributed by atoms with Crippen LogP contribution in [-0.4, -0.2) is 53.8 Å². The lowest BCUT2D eigenvalue weighted by molar-refractivity contribution is -0.138. The second kappa shape index (κ2) is 10.4. The first-order chi connectivity index (χ1) is 19.0. The first kappa shape index (κ1) is 27.4. The molecule has 2 heterocycles. The quantitative estimate of drug-likeness (QED) is 0.256.